The molecule has 30 heavy (non-hydrogen) atoms. The van der Waals surface area contributed by atoms with Crippen molar-refractivity contribution < 1.29 is 17.9 Å². The Labute approximate surface area is 177 Å². The van der Waals surface area contributed by atoms with Crippen molar-refractivity contribution in [1.82, 2.24) is 0 Å². The zero-order valence-corrected chi connectivity index (χ0v) is 17.9. The Kier molecular flexibility index (Phi) is 6.42. The van der Waals surface area contributed by atoms with Crippen LogP contribution in [0.15, 0.2) is 77.7 Å². The molecule has 0 unspecified atom stereocenters. The Morgan fingerprint density at radius 1 is 0.967 bits per heavy atom. The zero-order valence-electron chi connectivity index (χ0n) is 17.1. The van der Waals surface area contributed by atoms with E-state index in [0.717, 1.165) is 9.87 Å². The van der Waals surface area contributed by atoms with Gasteiger partial charge in [-0.3, -0.25) is 9.10 Å². The van der Waals surface area contributed by atoms with Crippen molar-refractivity contribution in [3.63, 3.8) is 0 Å². The minimum absolute atomic E-state index is 0.0905. The van der Waals surface area contributed by atoms with Gasteiger partial charge in [0.25, 0.3) is 10.0 Å². The van der Waals surface area contributed by atoms with Crippen molar-refractivity contribution in [2.75, 3.05) is 23.3 Å². The number of nitrogens with one attached hydrogen (secondary N) is 1. The lowest BCUT2D eigenvalue weighted by Gasteiger charge is -2.24. The number of hydrogen-bond acceptors (Lipinski definition) is 4. The molecule has 0 fully saturated rings. The fraction of sp³-hybridized carbons (Fsp3) is 0.174. The Hall–Kier alpha value is -3.32. The predicted octanol–water partition coefficient (Wildman–Crippen LogP) is 4.15. The van der Waals surface area contributed by atoms with Gasteiger partial charge < -0.3 is 10.1 Å². The largest absolute Gasteiger partial charge is 0.496 e. The second-order valence-electron chi connectivity index (χ2n) is 6.89. The number of amides is 1. The molecule has 3 rings (SSSR count). The van der Waals surface area contributed by atoms with Gasteiger partial charge in [0.15, 0.2) is 0 Å². The van der Waals surface area contributed by atoms with Gasteiger partial charge in [0.2, 0.25) is 5.91 Å². The van der Waals surface area contributed by atoms with E-state index in [0.29, 0.717) is 22.7 Å². The minimum Gasteiger partial charge on any atom is -0.496 e. The summed E-state index contributed by atoms with van der Waals surface area (Å²) in [5, 5.41) is 2.76. The quantitative estimate of drug-likeness (QED) is 0.618. The van der Waals surface area contributed by atoms with Crippen molar-refractivity contribution in [3.05, 3.63) is 83.9 Å². The summed E-state index contributed by atoms with van der Waals surface area (Å²) in [5.41, 5.74) is 2.77. The topological polar surface area (TPSA) is 75.7 Å². The van der Waals surface area contributed by atoms with Crippen molar-refractivity contribution in [1.29, 1.82) is 0 Å². The van der Waals surface area contributed by atoms with Crippen LogP contribution in [0, 0.1) is 13.8 Å². The van der Waals surface area contributed by atoms with Crippen LogP contribution in [0.1, 0.15) is 11.1 Å². The number of carbonyl (C=O) groups is 1. The number of aryl methyl sites for hydroxylation is 2. The van der Waals surface area contributed by atoms with E-state index < -0.39 is 15.9 Å². The molecule has 156 valence electrons. The normalized spacial score (nSPS) is 11.0. The van der Waals surface area contributed by atoms with Crippen LogP contribution in [0.5, 0.6) is 5.75 Å². The van der Waals surface area contributed by atoms with Gasteiger partial charge in [0.05, 0.1) is 17.7 Å². The summed E-state index contributed by atoms with van der Waals surface area (Å²) in [5.74, 6) is 0.161. The van der Waals surface area contributed by atoms with Crippen molar-refractivity contribution in [2.24, 2.45) is 0 Å². The summed E-state index contributed by atoms with van der Waals surface area (Å²) < 4.78 is 33.2. The molecule has 0 bridgehead atoms. The molecular formula is C23H24N2O4S. The number of rotatable bonds is 7. The van der Waals surface area contributed by atoms with Crippen LogP contribution in [0.2, 0.25) is 0 Å². The Bertz CT molecular complexity index is 1130. The molecule has 6 nitrogen and oxygen atoms in total. The maximum absolute atomic E-state index is 13.4. The van der Waals surface area contributed by atoms with Gasteiger partial charge in [0.1, 0.15) is 12.3 Å². The van der Waals surface area contributed by atoms with Gasteiger partial charge in [-0.15, -0.1) is 0 Å². The lowest BCUT2D eigenvalue weighted by molar-refractivity contribution is -0.114. The highest BCUT2D eigenvalue weighted by molar-refractivity contribution is 7.92. The van der Waals surface area contributed by atoms with E-state index in [4.69, 9.17) is 4.74 Å². The second kappa shape index (κ2) is 9.00. The molecule has 0 saturated carbocycles. The summed E-state index contributed by atoms with van der Waals surface area (Å²) in [7, 11) is -2.45. The number of benzene rings is 3. The first-order valence-electron chi connectivity index (χ1n) is 9.40. The molecule has 0 aliphatic heterocycles. The van der Waals surface area contributed by atoms with Crippen LogP contribution in [-0.4, -0.2) is 28.0 Å². The maximum Gasteiger partial charge on any atom is 0.264 e. The van der Waals surface area contributed by atoms with E-state index in [1.807, 2.05) is 19.1 Å². The Morgan fingerprint density at radius 3 is 2.23 bits per heavy atom. The van der Waals surface area contributed by atoms with Crippen LogP contribution in [0.4, 0.5) is 11.4 Å². The third-order valence-electron chi connectivity index (χ3n) is 4.62. The van der Waals surface area contributed by atoms with Crippen LogP contribution in [0.25, 0.3) is 0 Å². The summed E-state index contributed by atoms with van der Waals surface area (Å²) in [4.78, 5) is 12.8. The molecule has 0 aromatic heterocycles. The maximum atomic E-state index is 13.4. The summed E-state index contributed by atoms with van der Waals surface area (Å²) in [6.07, 6.45) is 0. The van der Waals surface area contributed by atoms with Crippen LogP contribution >= 0.6 is 0 Å². The van der Waals surface area contributed by atoms with Crippen molar-refractivity contribution in [3.8, 4) is 5.75 Å². The predicted molar refractivity (Wildman–Crippen MR) is 119 cm³/mol. The lowest BCUT2D eigenvalue weighted by atomic mass is 10.2. The van der Waals surface area contributed by atoms with Gasteiger partial charge in [-0.2, -0.15) is 0 Å². The second-order valence-corrected chi connectivity index (χ2v) is 8.76. The van der Waals surface area contributed by atoms with E-state index in [-0.39, 0.29) is 11.4 Å². The highest BCUT2D eigenvalue weighted by Gasteiger charge is 2.27. The first-order valence-corrected chi connectivity index (χ1v) is 10.8. The number of carbonyl (C=O) groups excluding carboxylic acids is 1. The highest BCUT2D eigenvalue weighted by Crippen LogP contribution is 2.27. The number of ether oxygens (including phenoxy) is 1. The number of sulfonamides is 1. The molecule has 3 aromatic carbocycles. The number of anilines is 2. The fourth-order valence-electron chi connectivity index (χ4n) is 3.02. The molecule has 0 atom stereocenters. The summed E-state index contributed by atoms with van der Waals surface area (Å²) in [6, 6.07) is 20.5. The summed E-state index contributed by atoms with van der Waals surface area (Å²) in [6.45, 7) is 3.37. The SMILES string of the molecule is COc1ccc(S(=O)(=O)N(CC(=O)Nc2ccc(C)cc2)c2ccccc2)cc1C. The van der Waals surface area contributed by atoms with Gasteiger partial charge in [-0.1, -0.05) is 35.9 Å². The Balaban J connectivity index is 1.93. The molecule has 0 spiro atoms. The van der Waals surface area contributed by atoms with Crippen LogP contribution in [-0.2, 0) is 14.8 Å². The monoisotopic (exact) mass is 424 g/mol. The highest BCUT2D eigenvalue weighted by atomic mass is 32.2. The molecule has 0 radical (unpaired) electrons. The van der Waals surface area contributed by atoms with Crippen molar-refractivity contribution >= 4 is 27.3 Å². The zero-order chi connectivity index (χ0) is 21.7. The molecule has 0 heterocycles. The number of para-hydroxylation sites is 1. The average Bonchev–Trinajstić information content (AvgIpc) is 2.74. The van der Waals surface area contributed by atoms with E-state index >= 15 is 0 Å². The third kappa shape index (κ3) is 4.80. The van der Waals surface area contributed by atoms with Crippen LogP contribution < -0.4 is 14.4 Å². The smallest absolute Gasteiger partial charge is 0.264 e. The van der Waals surface area contributed by atoms with Gasteiger partial charge in [-0.25, -0.2) is 8.42 Å². The number of methoxy groups -OCH3 is 1. The van der Waals surface area contributed by atoms with E-state index in [1.54, 1.807) is 61.5 Å². The molecule has 0 saturated heterocycles. The molecule has 7 heteroatoms. The minimum atomic E-state index is -3.98. The number of nitrogens with zero attached hydrogens (tertiary/aromatic N) is 1. The van der Waals surface area contributed by atoms with Gasteiger partial charge in [-0.05, 0) is 61.9 Å². The third-order valence-corrected chi connectivity index (χ3v) is 6.39. The van der Waals surface area contributed by atoms with E-state index in [2.05, 4.69) is 5.32 Å². The van der Waals surface area contributed by atoms with E-state index in [9.17, 15) is 13.2 Å². The molecule has 0 aliphatic carbocycles. The van der Waals surface area contributed by atoms with Crippen molar-refractivity contribution in [2.45, 2.75) is 18.7 Å². The molecule has 1 amide bonds. The number of hydrogen-bond donors (Lipinski definition) is 1. The first kappa shape index (κ1) is 21.4. The lowest BCUT2D eigenvalue weighted by Crippen LogP contribution is -2.38. The molecule has 1 N–H and O–H groups in total. The van der Waals surface area contributed by atoms with E-state index in [1.165, 1.54) is 13.2 Å². The molecule has 3 aromatic rings. The first-order chi connectivity index (χ1) is 14.3. The fourth-order valence-corrected chi connectivity index (χ4v) is 4.52. The van der Waals surface area contributed by atoms with Gasteiger partial charge in [0, 0.05) is 5.69 Å². The molecular weight excluding hydrogens is 400 g/mol. The Morgan fingerprint density at radius 2 is 1.63 bits per heavy atom. The standard InChI is InChI=1S/C23H24N2O4S/c1-17-9-11-19(12-10-17)24-23(26)16-25(20-7-5-4-6-8-20)30(27,28)21-13-14-22(29-3)18(2)15-21/h4-15H,16H2,1-3H3,(H,24,26). The summed E-state index contributed by atoms with van der Waals surface area (Å²) >= 11 is 0. The average molecular weight is 425 g/mol. The van der Waals surface area contributed by atoms with Crippen LogP contribution in [0.3, 0.4) is 0 Å². The van der Waals surface area contributed by atoms with Gasteiger partial charge >= 0.3 is 0 Å². The molecule has 0 aliphatic rings.